The lowest BCUT2D eigenvalue weighted by Crippen LogP contribution is -2.45. The van der Waals surface area contributed by atoms with Crippen molar-refractivity contribution in [3.05, 3.63) is 18.2 Å². The fourth-order valence-electron chi connectivity index (χ4n) is 2.45. The molecule has 2 amide bonds. The van der Waals surface area contributed by atoms with Crippen LogP contribution in [0.2, 0.25) is 0 Å². The zero-order valence-corrected chi connectivity index (χ0v) is 15.2. The molecule has 0 aliphatic carbocycles. The first-order valence-electron chi connectivity index (χ1n) is 7.75. The molecule has 1 aromatic carbocycles. The summed E-state index contributed by atoms with van der Waals surface area (Å²) in [4.78, 5) is 12.2. The third-order valence-corrected chi connectivity index (χ3v) is 4.07. The van der Waals surface area contributed by atoms with Gasteiger partial charge in [0, 0.05) is 12.3 Å². The first-order valence-corrected chi connectivity index (χ1v) is 9.64. The van der Waals surface area contributed by atoms with Crippen LogP contribution in [-0.2, 0) is 19.5 Å². The predicted octanol–water partition coefficient (Wildman–Crippen LogP) is 0.992. The van der Waals surface area contributed by atoms with E-state index in [1.807, 2.05) is 6.92 Å². The summed E-state index contributed by atoms with van der Waals surface area (Å²) >= 11 is 0. The number of carbonyl (C=O) groups excluding carboxylic acids is 1. The quantitative estimate of drug-likeness (QED) is 0.657. The molecule has 10 heteroatoms. The van der Waals surface area contributed by atoms with Gasteiger partial charge in [-0.3, -0.25) is 4.72 Å². The summed E-state index contributed by atoms with van der Waals surface area (Å²) in [6, 6.07) is 3.97. The number of nitrogens with one attached hydrogen (secondary N) is 3. The molecule has 3 N–H and O–H groups in total. The molecule has 140 valence electrons. The zero-order valence-electron chi connectivity index (χ0n) is 14.4. The molecule has 0 bridgehead atoms. The van der Waals surface area contributed by atoms with Crippen molar-refractivity contribution in [2.45, 2.75) is 19.1 Å². The number of sulfonamides is 1. The van der Waals surface area contributed by atoms with E-state index in [0.29, 0.717) is 31.3 Å². The fourth-order valence-corrected chi connectivity index (χ4v) is 3.01. The minimum atomic E-state index is -3.48. The second kappa shape index (κ2) is 8.37. The standard InChI is InChI=1S/C15H23N3O6S/c1-4-24-14-9-23-8-12(14)17-15(19)16-10-5-6-13(22-2)11(7-10)18-25(3,20)21/h5-7,12,14,18H,4,8-9H2,1-3H3,(H2,16,17,19)/t12-,14-/m0/s1. The van der Waals surface area contributed by atoms with Gasteiger partial charge in [-0.15, -0.1) is 0 Å². The minimum absolute atomic E-state index is 0.186. The van der Waals surface area contributed by atoms with E-state index in [9.17, 15) is 13.2 Å². The molecule has 2 rings (SSSR count). The molecule has 1 aliphatic heterocycles. The second-order valence-corrected chi connectivity index (χ2v) is 7.27. The third kappa shape index (κ3) is 5.76. The number of carbonyl (C=O) groups is 1. The van der Waals surface area contributed by atoms with Crippen molar-refractivity contribution in [3.63, 3.8) is 0 Å². The van der Waals surface area contributed by atoms with Gasteiger partial charge in [0.1, 0.15) is 11.9 Å². The molecule has 0 radical (unpaired) electrons. The summed E-state index contributed by atoms with van der Waals surface area (Å²) in [5, 5.41) is 5.45. The maximum absolute atomic E-state index is 12.2. The smallest absolute Gasteiger partial charge is 0.319 e. The van der Waals surface area contributed by atoms with Gasteiger partial charge in [0.25, 0.3) is 0 Å². The van der Waals surface area contributed by atoms with Crippen LogP contribution in [0.4, 0.5) is 16.2 Å². The number of hydrogen-bond acceptors (Lipinski definition) is 6. The molecule has 1 aromatic rings. The molecular weight excluding hydrogens is 350 g/mol. The molecular formula is C15H23N3O6S. The summed E-state index contributed by atoms with van der Waals surface area (Å²) in [6.07, 6.45) is 0.849. The van der Waals surface area contributed by atoms with Gasteiger partial charge < -0.3 is 24.8 Å². The summed E-state index contributed by atoms with van der Waals surface area (Å²) in [5.74, 6) is 0.344. The first kappa shape index (κ1) is 19.3. The molecule has 1 saturated heterocycles. The first-order chi connectivity index (χ1) is 11.8. The molecule has 25 heavy (non-hydrogen) atoms. The second-order valence-electron chi connectivity index (χ2n) is 5.53. The van der Waals surface area contributed by atoms with Gasteiger partial charge in [0.15, 0.2) is 0 Å². The van der Waals surface area contributed by atoms with Gasteiger partial charge in [-0.2, -0.15) is 0 Å². The third-order valence-electron chi connectivity index (χ3n) is 3.48. The number of ether oxygens (including phenoxy) is 3. The van der Waals surface area contributed by atoms with E-state index in [1.165, 1.54) is 13.2 Å². The van der Waals surface area contributed by atoms with Crippen LogP contribution in [0.25, 0.3) is 0 Å². The van der Waals surface area contributed by atoms with Crippen molar-refractivity contribution >= 4 is 27.4 Å². The van der Waals surface area contributed by atoms with Crippen LogP contribution in [0.15, 0.2) is 18.2 Å². The minimum Gasteiger partial charge on any atom is -0.495 e. The average molecular weight is 373 g/mol. The highest BCUT2D eigenvalue weighted by molar-refractivity contribution is 7.92. The lowest BCUT2D eigenvalue weighted by atomic mass is 10.2. The lowest BCUT2D eigenvalue weighted by Gasteiger charge is -2.19. The number of urea groups is 1. The van der Waals surface area contributed by atoms with Crippen molar-refractivity contribution in [1.82, 2.24) is 5.32 Å². The highest BCUT2D eigenvalue weighted by Gasteiger charge is 2.30. The van der Waals surface area contributed by atoms with Gasteiger partial charge in [-0.05, 0) is 25.1 Å². The van der Waals surface area contributed by atoms with Crippen LogP contribution in [0.5, 0.6) is 5.75 Å². The normalized spacial score (nSPS) is 20.1. The Morgan fingerprint density at radius 2 is 2.12 bits per heavy atom. The number of rotatable bonds is 7. The molecule has 1 aliphatic rings. The maximum Gasteiger partial charge on any atom is 0.319 e. The van der Waals surface area contributed by atoms with E-state index in [0.717, 1.165) is 6.26 Å². The molecule has 0 aromatic heterocycles. The lowest BCUT2D eigenvalue weighted by molar-refractivity contribution is 0.0428. The SMILES string of the molecule is CCO[C@H]1COC[C@@H]1NC(=O)Nc1ccc(OC)c(NS(C)(=O)=O)c1. The molecule has 0 unspecified atom stereocenters. The van der Waals surface area contributed by atoms with E-state index in [-0.39, 0.29) is 17.8 Å². The Morgan fingerprint density at radius 3 is 2.76 bits per heavy atom. The van der Waals surface area contributed by atoms with Gasteiger partial charge >= 0.3 is 6.03 Å². The molecule has 0 saturated carbocycles. The number of methoxy groups -OCH3 is 1. The van der Waals surface area contributed by atoms with Crippen LogP contribution in [0.1, 0.15) is 6.92 Å². The summed E-state index contributed by atoms with van der Waals surface area (Å²) in [7, 11) is -2.05. The van der Waals surface area contributed by atoms with Gasteiger partial charge in [-0.25, -0.2) is 13.2 Å². The number of hydrogen-bond donors (Lipinski definition) is 3. The van der Waals surface area contributed by atoms with Crippen molar-refractivity contribution in [3.8, 4) is 5.75 Å². The van der Waals surface area contributed by atoms with Gasteiger partial charge in [0.2, 0.25) is 10.0 Å². The Morgan fingerprint density at radius 1 is 1.36 bits per heavy atom. The number of amides is 2. The predicted molar refractivity (Wildman–Crippen MR) is 93.6 cm³/mol. The summed E-state index contributed by atoms with van der Waals surface area (Å²) < 4.78 is 41.2. The van der Waals surface area contributed by atoms with Crippen molar-refractivity contribution < 1.29 is 27.4 Å². The monoisotopic (exact) mass is 373 g/mol. The van der Waals surface area contributed by atoms with Gasteiger partial charge in [0.05, 0.1) is 38.3 Å². The Kier molecular flexibility index (Phi) is 6.45. The number of benzene rings is 1. The Bertz CT molecular complexity index is 709. The van der Waals surface area contributed by atoms with Crippen LogP contribution in [-0.4, -0.2) is 59.8 Å². The summed E-state index contributed by atoms with van der Waals surface area (Å²) in [5.41, 5.74) is 0.649. The largest absolute Gasteiger partial charge is 0.495 e. The van der Waals surface area contributed by atoms with Crippen molar-refractivity contribution in [2.24, 2.45) is 0 Å². The molecule has 2 atom stereocenters. The fraction of sp³-hybridized carbons (Fsp3) is 0.533. The molecule has 9 nitrogen and oxygen atoms in total. The Balaban J connectivity index is 2.04. The highest BCUT2D eigenvalue weighted by Crippen LogP contribution is 2.28. The molecule has 0 spiro atoms. The Hall–Kier alpha value is -2.04. The van der Waals surface area contributed by atoms with E-state index in [4.69, 9.17) is 14.2 Å². The van der Waals surface area contributed by atoms with E-state index in [2.05, 4.69) is 15.4 Å². The maximum atomic E-state index is 12.2. The zero-order chi connectivity index (χ0) is 18.4. The summed E-state index contributed by atoms with van der Waals surface area (Å²) in [6.45, 7) is 3.22. The van der Waals surface area contributed by atoms with E-state index < -0.39 is 16.1 Å². The van der Waals surface area contributed by atoms with Crippen molar-refractivity contribution in [2.75, 3.05) is 43.2 Å². The van der Waals surface area contributed by atoms with Crippen molar-refractivity contribution in [1.29, 1.82) is 0 Å². The number of anilines is 2. The van der Waals surface area contributed by atoms with Crippen LogP contribution >= 0.6 is 0 Å². The van der Waals surface area contributed by atoms with E-state index in [1.54, 1.807) is 12.1 Å². The molecule has 1 fully saturated rings. The van der Waals surface area contributed by atoms with Crippen LogP contribution in [0, 0.1) is 0 Å². The Labute approximate surface area is 147 Å². The van der Waals surface area contributed by atoms with Gasteiger partial charge in [-0.1, -0.05) is 0 Å². The topological polar surface area (TPSA) is 115 Å². The van der Waals surface area contributed by atoms with Crippen LogP contribution in [0.3, 0.4) is 0 Å². The average Bonchev–Trinajstić information content (AvgIpc) is 2.93. The molecule has 1 heterocycles. The highest BCUT2D eigenvalue weighted by atomic mass is 32.2. The van der Waals surface area contributed by atoms with Crippen LogP contribution < -0.4 is 20.1 Å². The van der Waals surface area contributed by atoms with E-state index >= 15 is 0 Å².